The van der Waals surface area contributed by atoms with E-state index >= 15 is 0 Å². The lowest BCUT2D eigenvalue weighted by atomic mass is 10.0. The SMILES string of the molecule is CC/C=C\C/C=C\C/C=C\C/C=C\C/C=C\C/C=C\CCCCCCCCCCCCCCCCCCC(=O)OCC(COC(=O)CCCCCCC/C=C\CCCC)OC(=O)CCCCCCC/C=C\CCCCCCCC. The Bertz CT molecular complexity index is 1540. The molecule has 0 spiro atoms. The van der Waals surface area contributed by atoms with Gasteiger partial charge in [-0.05, 0) is 116 Å². The molecule has 0 heterocycles. The van der Waals surface area contributed by atoms with Gasteiger partial charge in [0.1, 0.15) is 13.2 Å². The summed E-state index contributed by atoms with van der Waals surface area (Å²) in [6, 6.07) is 0. The van der Waals surface area contributed by atoms with E-state index in [-0.39, 0.29) is 31.1 Å². The maximum atomic E-state index is 12.9. The van der Waals surface area contributed by atoms with Crippen LogP contribution in [0.15, 0.2) is 97.2 Å². The third-order valence-corrected chi connectivity index (χ3v) is 14.5. The molecule has 0 saturated heterocycles. The molecule has 0 aromatic carbocycles. The summed E-state index contributed by atoms with van der Waals surface area (Å²) in [7, 11) is 0. The molecule has 0 rings (SSSR count). The van der Waals surface area contributed by atoms with E-state index in [2.05, 4.69) is 118 Å². The molecule has 0 amide bonds. The van der Waals surface area contributed by atoms with Crippen molar-refractivity contribution in [3.8, 4) is 0 Å². The summed E-state index contributed by atoms with van der Waals surface area (Å²) >= 11 is 0. The van der Waals surface area contributed by atoms with Gasteiger partial charge in [0.2, 0.25) is 0 Å². The average molecular weight is 1100 g/mol. The van der Waals surface area contributed by atoms with Gasteiger partial charge in [-0.1, -0.05) is 291 Å². The number of rotatable bonds is 61. The molecule has 0 aromatic heterocycles. The van der Waals surface area contributed by atoms with E-state index in [0.29, 0.717) is 19.3 Å². The molecule has 6 heteroatoms. The smallest absolute Gasteiger partial charge is 0.306 e. The topological polar surface area (TPSA) is 78.9 Å². The highest BCUT2D eigenvalue weighted by Crippen LogP contribution is 2.17. The van der Waals surface area contributed by atoms with Gasteiger partial charge in [0.15, 0.2) is 6.10 Å². The third kappa shape index (κ3) is 65.0. The van der Waals surface area contributed by atoms with Crippen LogP contribution in [0.25, 0.3) is 0 Å². The monoisotopic (exact) mass is 1100 g/mol. The summed E-state index contributed by atoms with van der Waals surface area (Å²) in [4.78, 5) is 38.2. The minimum atomic E-state index is -0.783. The molecular weight excluding hydrogens is 973 g/mol. The van der Waals surface area contributed by atoms with Crippen LogP contribution >= 0.6 is 0 Å². The van der Waals surface area contributed by atoms with E-state index in [1.807, 2.05) is 0 Å². The largest absolute Gasteiger partial charge is 0.462 e. The number of esters is 3. The molecule has 1 unspecified atom stereocenters. The standard InChI is InChI=1S/C73H126O6/c1-4-7-10-13-16-19-22-24-26-27-28-29-30-31-32-33-34-35-36-37-38-39-40-41-42-43-44-45-47-48-51-54-57-60-63-66-72(75)78-69-70(68-77-71(74)65-62-59-56-53-50-21-18-15-12-9-6-3)79-73(76)67-64-61-58-55-52-49-46-25-23-20-17-14-11-8-5-2/h7,10,15-16,18-19,24-26,28-29,31-32,34-35,46,70H,4-6,8-9,11-14,17,20-23,27,30,33,36-45,47-69H2,1-3H3/b10-7-,18-15-,19-16-,26-24-,29-28-,32-31-,35-34-,46-25-. The number of ether oxygens (including phenoxy) is 3. The lowest BCUT2D eigenvalue weighted by Crippen LogP contribution is -2.30. The minimum absolute atomic E-state index is 0.0799. The van der Waals surface area contributed by atoms with E-state index in [0.717, 1.165) is 116 Å². The Morgan fingerprint density at radius 2 is 0.506 bits per heavy atom. The number of unbranched alkanes of at least 4 members (excludes halogenated alkanes) is 34. The van der Waals surface area contributed by atoms with Gasteiger partial charge in [0.05, 0.1) is 0 Å². The van der Waals surface area contributed by atoms with E-state index in [4.69, 9.17) is 14.2 Å². The zero-order valence-corrected chi connectivity index (χ0v) is 52.1. The first-order valence-electron chi connectivity index (χ1n) is 33.7. The van der Waals surface area contributed by atoms with Crippen LogP contribution in [0.4, 0.5) is 0 Å². The van der Waals surface area contributed by atoms with Crippen molar-refractivity contribution in [1.82, 2.24) is 0 Å². The molecule has 0 aliphatic heterocycles. The van der Waals surface area contributed by atoms with Crippen LogP contribution in [0.3, 0.4) is 0 Å². The van der Waals surface area contributed by atoms with Crippen molar-refractivity contribution in [2.24, 2.45) is 0 Å². The van der Waals surface area contributed by atoms with E-state index in [9.17, 15) is 14.4 Å². The van der Waals surface area contributed by atoms with Gasteiger partial charge in [0, 0.05) is 19.3 Å². The fourth-order valence-corrected chi connectivity index (χ4v) is 9.48. The van der Waals surface area contributed by atoms with Crippen molar-refractivity contribution < 1.29 is 28.6 Å². The lowest BCUT2D eigenvalue weighted by molar-refractivity contribution is -0.167. The number of carbonyl (C=O) groups excluding carboxylic acids is 3. The normalized spacial score (nSPS) is 12.7. The third-order valence-electron chi connectivity index (χ3n) is 14.5. The van der Waals surface area contributed by atoms with E-state index < -0.39 is 6.10 Å². The van der Waals surface area contributed by atoms with Crippen LogP contribution < -0.4 is 0 Å². The van der Waals surface area contributed by atoms with Gasteiger partial charge in [-0.15, -0.1) is 0 Å². The zero-order valence-electron chi connectivity index (χ0n) is 52.1. The Kier molecular flexibility index (Phi) is 63.7. The Labute approximate surface area is 489 Å². The second kappa shape index (κ2) is 66.8. The van der Waals surface area contributed by atoms with Crippen molar-refractivity contribution in [3.63, 3.8) is 0 Å². The number of hydrogen-bond donors (Lipinski definition) is 0. The molecule has 0 radical (unpaired) electrons. The molecular formula is C73H126O6. The predicted molar refractivity (Wildman–Crippen MR) is 344 cm³/mol. The first kappa shape index (κ1) is 75.3. The average Bonchev–Trinajstić information content (AvgIpc) is 3.45. The molecule has 0 fully saturated rings. The molecule has 0 bridgehead atoms. The van der Waals surface area contributed by atoms with Crippen LogP contribution in [-0.4, -0.2) is 37.2 Å². The molecule has 0 aliphatic carbocycles. The van der Waals surface area contributed by atoms with Gasteiger partial charge < -0.3 is 14.2 Å². The molecule has 0 aliphatic rings. The molecule has 1 atom stereocenters. The first-order valence-corrected chi connectivity index (χ1v) is 33.7. The lowest BCUT2D eigenvalue weighted by Gasteiger charge is -2.18. The highest BCUT2D eigenvalue weighted by Gasteiger charge is 2.19. The van der Waals surface area contributed by atoms with Crippen molar-refractivity contribution in [2.45, 2.75) is 335 Å². The first-order chi connectivity index (χ1) is 39.0. The fourth-order valence-electron chi connectivity index (χ4n) is 9.48. The second-order valence-electron chi connectivity index (χ2n) is 22.3. The van der Waals surface area contributed by atoms with Gasteiger partial charge in [-0.2, -0.15) is 0 Å². The summed E-state index contributed by atoms with van der Waals surface area (Å²) in [6.45, 7) is 6.49. The Morgan fingerprint density at radius 3 is 0.823 bits per heavy atom. The number of carbonyl (C=O) groups is 3. The van der Waals surface area contributed by atoms with Crippen molar-refractivity contribution in [1.29, 1.82) is 0 Å². The maximum Gasteiger partial charge on any atom is 0.306 e. The molecule has 0 aromatic rings. The van der Waals surface area contributed by atoms with Crippen molar-refractivity contribution >= 4 is 17.9 Å². The maximum absolute atomic E-state index is 12.9. The van der Waals surface area contributed by atoms with E-state index in [1.54, 1.807) is 0 Å². The number of allylic oxidation sites excluding steroid dienone is 16. The summed E-state index contributed by atoms with van der Waals surface area (Å²) in [5.74, 6) is -0.887. The minimum Gasteiger partial charge on any atom is -0.462 e. The van der Waals surface area contributed by atoms with Crippen molar-refractivity contribution in [3.05, 3.63) is 97.2 Å². The van der Waals surface area contributed by atoms with Gasteiger partial charge in [-0.25, -0.2) is 0 Å². The second-order valence-corrected chi connectivity index (χ2v) is 22.3. The van der Waals surface area contributed by atoms with Crippen molar-refractivity contribution in [2.75, 3.05) is 13.2 Å². The Hall–Kier alpha value is -3.67. The Balaban J connectivity index is 4.10. The van der Waals surface area contributed by atoms with Crippen LogP contribution in [0, 0.1) is 0 Å². The highest BCUT2D eigenvalue weighted by molar-refractivity contribution is 5.71. The highest BCUT2D eigenvalue weighted by atomic mass is 16.6. The van der Waals surface area contributed by atoms with Gasteiger partial charge in [-0.3, -0.25) is 14.4 Å². The summed E-state index contributed by atoms with van der Waals surface area (Å²) in [5, 5.41) is 0. The van der Waals surface area contributed by atoms with Gasteiger partial charge in [0.25, 0.3) is 0 Å². The summed E-state index contributed by atoms with van der Waals surface area (Å²) in [6.07, 6.45) is 90.1. The van der Waals surface area contributed by atoms with Gasteiger partial charge >= 0.3 is 17.9 Å². The zero-order chi connectivity index (χ0) is 57.1. The summed E-state index contributed by atoms with van der Waals surface area (Å²) in [5.41, 5.74) is 0. The van der Waals surface area contributed by atoms with Crippen LogP contribution in [-0.2, 0) is 28.6 Å². The quantitative estimate of drug-likeness (QED) is 0.0261. The summed E-state index contributed by atoms with van der Waals surface area (Å²) < 4.78 is 16.9. The predicted octanol–water partition coefficient (Wildman–Crippen LogP) is 23.2. The van der Waals surface area contributed by atoms with Crippen LogP contribution in [0.5, 0.6) is 0 Å². The molecule has 0 saturated carbocycles. The Morgan fingerprint density at radius 1 is 0.266 bits per heavy atom. The molecule has 454 valence electrons. The van der Waals surface area contributed by atoms with Crippen LogP contribution in [0.2, 0.25) is 0 Å². The molecule has 79 heavy (non-hydrogen) atoms. The van der Waals surface area contributed by atoms with Crippen LogP contribution in [0.1, 0.15) is 329 Å². The fraction of sp³-hybridized carbons (Fsp3) is 0.740. The van der Waals surface area contributed by atoms with E-state index in [1.165, 1.54) is 173 Å². The molecule has 6 nitrogen and oxygen atoms in total. The molecule has 0 N–H and O–H groups in total. The number of hydrogen-bond acceptors (Lipinski definition) is 6.